The quantitative estimate of drug-likeness (QED) is 0.803. The molecule has 0 spiro atoms. The Hall–Kier alpha value is -1.20. The first-order valence-corrected chi connectivity index (χ1v) is 5.28. The van der Waals surface area contributed by atoms with Crippen LogP contribution in [0.15, 0.2) is 0 Å². The average molecular weight is 235 g/mol. The van der Waals surface area contributed by atoms with Crippen molar-refractivity contribution in [1.82, 2.24) is 4.90 Å². The molecule has 4 nitrogen and oxygen atoms in total. The Balaban J connectivity index is 2.25. The van der Waals surface area contributed by atoms with Gasteiger partial charge in [0.15, 0.2) is 0 Å². The SMILES string of the molecule is O=C(O)CCCC(=O)N1CCC(F)(F)CC1. The Morgan fingerprint density at radius 2 is 1.75 bits per heavy atom. The van der Waals surface area contributed by atoms with Crippen molar-refractivity contribution in [1.29, 1.82) is 0 Å². The van der Waals surface area contributed by atoms with Gasteiger partial charge in [-0.15, -0.1) is 0 Å². The van der Waals surface area contributed by atoms with Crippen molar-refractivity contribution in [2.45, 2.75) is 38.0 Å². The highest BCUT2D eigenvalue weighted by Gasteiger charge is 2.35. The minimum Gasteiger partial charge on any atom is -0.481 e. The van der Waals surface area contributed by atoms with Crippen LogP contribution in [0.1, 0.15) is 32.1 Å². The lowest BCUT2D eigenvalue weighted by atomic mass is 10.1. The van der Waals surface area contributed by atoms with E-state index in [4.69, 9.17) is 5.11 Å². The third kappa shape index (κ3) is 4.12. The number of hydrogen-bond donors (Lipinski definition) is 1. The van der Waals surface area contributed by atoms with Crippen LogP contribution in [0.25, 0.3) is 0 Å². The Bertz CT molecular complexity index is 271. The van der Waals surface area contributed by atoms with E-state index in [1.54, 1.807) is 0 Å². The normalized spacial score (nSPS) is 19.5. The van der Waals surface area contributed by atoms with Gasteiger partial charge >= 0.3 is 5.97 Å². The Morgan fingerprint density at radius 3 is 2.25 bits per heavy atom. The number of carboxylic acid groups (broad SMARTS) is 1. The molecule has 0 unspecified atom stereocenters. The van der Waals surface area contributed by atoms with Gasteiger partial charge in [0.2, 0.25) is 5.91 Å². The van der Waals surface area contributed by atoms with Gasteiger partial charge in [-0.2, -0.15) is 0 Å². The fraction of sp³-hybridized carbons (Fsp3) is 0.800. The number of hydrogen-bond acceptors (Lipinski definition) is 2. The molecule has 0 radical (unpaired) electrons. The fourth-order valence-electron chi connectivity index (χ4n) is 1.63. The van der Waals surface area contributed by atoms with Crippen molar-refractivity contribution >= 4 is 11.9 Å². The number of piperidine rings is 1. The molecule has 0 aromatic carbocycles. The summed E-state index contributed by atoms with van der Waals surface area (Å²) in [7, 11) is 0. The van der Waals surface area contributed by atoms with Gasteiger partial charge in [-0.1, -0.05) is 0 Å². The highest BCUT2D eigenvalue weighted by molar-refractivity contribution is 5.77. The summed E-state index contributed by atoms with van der Waals surface area (Å²) in [5.41, 5.74) is 0. The predicted molar refractivity (Wildman–Crippen MR) is 52.2 cm³/mol. The van der Waals surface area contributed by atoms with Crippen LogP contribution >= 0.6 is 0 Å². The lowest BCUT2D eigenvalue weighted by Gasteiger charge is -2.31. The number of nitrogens with zero attached hydrogens (tertiary/aromatic N) is 1. The molecule has 0 aliphatic carbocycles. The van der Waals surface area contributed by atoms with E-state index in [0.717, 1.165) is 0 Å². The van der Waals surface area contributed by atoms with Gasteiger partial charge in [0.1, 0.15) is 0 Å². The Labute approximate surface area is 92.2 Å². The van der Waals surface area contributed by atoms with Gasteiger partial charge in [-0.25, -0.2) is 8.78 Å². The lowest BCUT2D eigenvalue weighted by molar-refractivity contribution is -0.138. The highest BCUT2D eigenvalue weighted by atomic mass is 19.3. The van der Waals surface area contributed by atoms with Gasteiger partial charge in [0, 0.05) is 38.8 Å². The van der Waals surface area contributed by atoms with Gasteiger partial charge in [0.25, 0.3) is 5.92 Å². The molecule has 16 heavy (non-hydrogen) atoms. The summed E-state index contributed by atoms with van der Waals surface area (Å²) in [6.07, 6.45) is -0.260. The van der Waals surface area contributed by atoms with Crippen molar-refractivity contribution in [3.05, 3.63) is 0 Å². The van der Waals surface area contributed by atoms with Crippen molar-refractivity contribution in [3.8, 4) is 0 Å². The molecule has 6 heteroatoms. The van der Waals surface area contributed by atoms with Crippen molar-refractivity contribution < 1.29 is 23.5 Å². The predicted octanol–water partition coefficient (Wildman–Crippen LogP) is 1.50. The molecule has 0 saturated carbocycles. The van der Waals surface area contributed by atoms with Crippen LogP contribution in [0.5, 0.6) is 0 Å². The molecule has 0 bridgehead atoms. The van der Waals surface area contributed by atoms with E-state index in [2.05, 4.69) is 0 Å². The minimum absolute atomic E-state index is 0.0598. The average Bonchev–Trinajstić information content (AvgIpc) is 2.16. The third-order valence-electron chi connectivity index (χ3n) is 2.63. The fourth-order valence-corrected chi connectivity index (χ4v) is 1.63. The van der Waals surface area contributed by atoms with Gasteiger partial charge < -0.3 is 10.0 Å². The lowest BCUT2D eigenvalue weighted by Crippen LogP contribution is -2.42. The molecule has 1 aliphatic heterocycles. The van der Waals surface area contributed by atoms with E-state index >= 15 is 0 Å². The van der Waals surface area contributed by atoms with E-state index in [1.165, 1.54) is 4.90 Å². The first-order chi connectivity index (χ1) is 7.41. The number of amides is 1. The Kier molecular flexibility index (Phi) is 4.20. The maximum atomic E-state index is 12.8. The molecular weight excluding hydrogens is 220 g/mol. The maximum Gasteiger partial charge on any atom is 0.303 e. The van der Waals surface area contributed by atoms with E-state index in [-0.39, 0.29) is 51.1 Å². The summed E-state index contributed by atoms with van der Waals surface area (Å²) >= 11 is 0. The standard InChI is InChI=1S/C10H15F2NO3/c11-10(12)4-6-13(7-5-10)8(14)2-1-3-9(15)16/h1-7H2,(H,15,16). The zero-order chi connectivity index (χ0) is 12.2. The van der Waals surface area contributed by atoms with Crippen LogP contribution in [0.3, 0.4) is 0 Å². The molecule has 1 amide bonds. The van der Waals surface area contributed by atoms with Crippen LogP contribution < -0.4 is 0 Å². The van der Waals surface area contributed by atoms with E-state index in [0.29, 0.717) is 0 Å². The molecule has 1 fully saturated rings. The molecule has 0 aromatic rings. The van der Waals surface area contributed by atoms with Crippen LogP contribution in [0.4, 0.5) is 8.78 Å². The highest BCUT2D eigenvalue weighted by Crippen LogP contribution is 2.27. The zero-order valence-corrected chi connectivity index (χ0v) is 8.92. The summed E-state index contributed by atoms with van der Waals surface area (Å²) in [5, 5.41) is 8.38. The van der Waals surface area contributed by atoms with Gasteiger partial charge in [-0.05, 0) is 6.42 Å². The second-order valence-electron chi connectivity index (χ2n) is 3.98. The number of likely N-dealkylation sites (tertiary alicyclic amines) is 1. The summed E-state index contributed by atoms with van der Waals surface area (Å²) in [6.45, 7) is 0.137. The largest absolute Gasteiger partial charge is 0.481 e. The molecule has 1 heterocycles. The number of rotatable bonds is 4. The number of carboxylic acids is 1. The first-order valence-electron chi connectivity index (χ1n) is 5.28. The van der Waals surface area contributed by atoms with Gasteiger partial charge in [-0.3, -0.25) is 9.59 Å². The minimum atomic E-state index is -2.65. The molecule has 0 atom stereocenters. The number of halogens is 2. The summed E-state index contributed by atoms with van der Waals surface area (Å²) in [6, 6.07) is 0. The van der Waals surface area contributed by atoms with Crippen LogP contribution in [0, 0.1) is 0 Å². The summed E-state index contributed by atoms with van der Waals surface area (Å²) in [4.78, 5) is 23.1. The van der Waals surface area contributed by atoms with Crippen molar-refractivity contribution in [3.63, 3.8) is 0 Å². The topological polar surface area (TPSA) is 57.6 Å². The third-order valence-corrected chi connectivity index (χ3v) is 2.63. The zero-order valence-electron chi connectivity index (χ0n) is 8.92. The Morgan fingerprint density at radius 1 is 1.19 bits per heavy atom. The van der Waals surface area contributed by atoms with E-state index < -0.39 is 11.9 Å². The monoisotopic (exact) mass is 235 g/mol. The summed E-state index contributed by atoms with van der Waals surface area (Å²) in [5.74, 6) is -3.83. The smallest absolute Gasteiger partial charge is 0.303 e. The molecule has 1 rings (SSSR count). The summed E-state index contributed by atoms with van der Waals surface area (Å²) < 4.78 is 25.6. The van der Waals surface area contributed by atoms with Crippen molar-refractivity contribution in [2.75, 3.05) is 13.1 Å². The maximum absolute atomic E-state index is 12.8. The van der Waals surface area contributed by atoms with Gasteiger partial charge in [0.05, 0.1) is 0 Å². The van der Waals surface area contributed by atoms with E-state index in [9.17, 15) is 18.4 Å². The van der Waals surface area contributed by atoms with Crippen molar-refractivity contribution in [2.24, 2.45) is 0 Å². The second kappa shape index (κ2) is 5.23. The number of alkyl halides is 2. The van der Waals surface area contributed by atoms with Crippen LogP contribution in [-0.2, 0) is 9.59 Å². The molecule has 1 saturated heterocycles. The van der Waals surface area contributed by atoms with Crippen LogP contribution in [0.2, 0.25) is 0 Å². The number of carbonyl (C=O) groups excluding carboxylic acids is 1. The molecule has 92 valence electrons. The number of aliphatic carboxylic acids is 1. The van der Waals surface area contributed by atoms with Crippen LogP contribution in [-0.4, -0.2) is 40.9 Å². The first kappa shape index (κ1) is 12.9. The molecule has 0 aromatic heterocycles. The van der Waals surface area contributed by atoms with E-state index in [1.807, 2.05) is 0 Å². The molecule has 1 N–H and O–H groups in total. The molecule has 1 aliphatic rings. The molecular formula is C10H15F2NO3. The second-order valence-corrected chi connectivity index (χ2v) is 3.98. The number of carbonyl (C=O) groups is 2.